The van der Waals surface area contributed by atoms with Crippen LogP contribution in [0.2, 0.25) is 0 Å². The molecule has 4 N–H and O–H groups in total. The number of aliphatic hydroxyl groups excluding tert-OH is 1. The summed E-state index contributed by atoms with van der Waals surface area (Å²) in [5.74, 6) is 0. The third kappa shape index (κ3) is 2.72. The van der Waals surface area contributed by atoms with Gasteiger partial charge < -0.3 is 10.2 Å². The highest BCUT2D eigenvalue weighted by Crippen LogP contribution is 2.22. The number of hydrogen-bond donors (Lipinski definition) is 3. The zero-order valence-electron chi connectivity index (χ0n) is 8.10. The Kier molecular flexibility index (Phi) is 3.95. The first-order valence-corrected chi connectivity index (χ1v) is 5.59. The maximum absolute atomic E-state index is 9.76. The number of aliphatic hydroxyl groups is 2. The van der Waals surface area contributed by atoms with E-state index in [0.717, 1.165) is 4.90 Å². The molecule has 0 fully saturated rings. The van der Waals surface area contributed by atoms with Gasteiger partial charge >= 0.3 is 0 Å². The summed E-state index contributed by atoms with van der Waals surface area (Å²) in [4.78, 5) is 1.12. The minimum atomic E-state index is -1.42. The van der Waals surface area contributed by atoms with Gasteiger partial charge in [-0.15, -0.1) is 11.8 Å². The smallest absolute Gasteiger partial charge is 0.141 e. The molecule has 0 aliphatic carbocycles. The van der Waals surface area contributed by atoms with Crippen molar-refractivity contribution in [2.75, 3.05) is 12.9 Å². The molecule has 0 spiro atoms. The Bertz CT molecular complexity index is 285. The van der Waals surface area contributed by atoms with Gasteiger partial charge in [-0.2, -0.15) is 0 Å². The first kappa shape index (κ1) is 11.5. The van der Waals surface area contributed by atoms with Crippen LogP contribution < -0.4 is 5.73 Å². The number of nitrogens with two attached hydrogens (primary N) is 1. The van der Waals surface area contributed by atoms with Crippen molar-refractivity contribution in [2.45, 2.75) is 17.0 Å². The lowest BCUT2D eigenvalue weighted by Gasteiger charge is -2.22. The second-order valence-corrected chi connectivity index (χ2v) is 4.01. The van der Waals surface area contributed by atoms with Crippen LogP contribution in [0.3, 0.4) is 0 Å². The molecule has 0 saturated heterocycles. The molecule has 4 heteroatoms. The molecule has 0 aromatic heterocycles. The van der Waals surface area contributed by atoms with E-state index < -0.39 is 5.72 Å². The fourth-order valence-electron chi connectivity index (χ4n) is 1.19. The number of rotatable bonds is 4. The second-order valence-electron chi connectivity index (χ2n) is 3.13. The zero-order chi connectivity index (χ0) is 10.6. The molecule has 0 bridgehead atoms. The Balaban J connectivity index is 2.85. The fraction of sp³-hybridized carbons (Fsp3) is 0.400. The van der Waals surface area contributed by atoms with E-state index in [9.17, 15) is 5.11 Å². The second kappa shape index (κ2) is 4.79. The van der Waals surface area contributed by atoms with Gasteiger partial charge in [0.15, 0.2) is 0 Å². The summed E-state index contributed by atoms with van der Waals surface area (Å²) in [6.45, 7) is -0.128. The maximum atomic E-state index is 9.76. The van der Waals surface area contributed by atoms with E-state index in [-0.39, 0.29) is 13.0 Å². The molecule has 1 aromatic carbocycles. The van der Waals surface area contributed by atoms with E-state index >= 15 is 0 Å². The van der Waals surface area contributed by atoms with Crippen molar-refractivity contribution in [3.05, 3.63) is 29.8 Å². The molecule has 0 heterocycles. The molecule has 14 heavy (non-hydrogen) atoms. The van der Waals surface area contributed by atoms with Crippen LogP contribution >= 0.6 is 11.8 Å². The van der Waals surface area contributed by atoms with Crippen LogP contribution in [0.5, 0.6) is 0 Å². The molecule has 3 nitrogen and oxygen atoms in total. The van der Waals surface area contributed by atoms with Gasteiger partial charge in [0.05, 0.1) is 0 Å². The van der Waals surface area contributed by atoms with Crippen molar-refractivity contribution in [3.63, 3.8) is 0 Å². The summed E-state index contributed by atoms with van der Waals surface area (Å²) in [7, 11) is 0. The monoisotopic (exact) mass is 213 g/mol. The largest absolute Gasteiger partial charge is 0.396 e. The lowest BCUT2D eigenvalue weighted by atomic mass is 10.0. The molecular formula is C10H15NO2S. The van der Waals surface area contributed by atoms with Gasteiger partial charge in [0.25, 0.3) is 0 Å². The van der Waals surface area contributed by atoms with Crippen molar-refractivity contribution in [1.82, 2.24) is 0 Å². The number of thioether (sulfide) groups is 1. The maximum Gasteiger partial charge on any atom is 0.141 e. The summed E-state index contributed by atoms with van der Waals surface area (Å²) < 4.78 is 0. The summed E-state index contributed by atoms with van der Waals surface area (Å²) in [6, 6.07) is 7.35. The Hall–Kier alpha value is -0.550. The highest BCUT2D eigenvalue weighted by atomic mass is 32.2. The lowest BCUT2D eigenvalue weighted by Crippen LogP contribution is -2.37. The SMILES string of the molecule is CSc1ccc(C(N)(O)CCO)cc1. The van der Waals surface area contributed by atoms with Crippen LogP contribution in [0, 0.1) is 0 Å². The summed E-state index contributed by atoms with van der Waals surface area (Å²) in [6.07, 6.45) is 2.13. The Morgan fingerprint density at radius 3 is 2.36 bits per heavy atom. The molecule has 0 saturated carbocycles. The van der Waals surface area contributed by atoms with E-state index in [2.05, 4.69) is 0 Å². The van der Waals surface area contributed by atoms with Gasteiger partial charge in [-0.05, 0) is 24.0 Å². The van der Waals surface area contributed by atoms with E-state index in [1.807, 2.05) is 18.4 Å². The molecule has 0 aliphatic heterocycles. The van der Waals surface area contributed by atoms with Crippen molar-refractivity contribution in [1.29, 1.82) is 0 Å². The fourth-order valence-corrected chi connectivity index (χ4v) is 1.60. The van der Waals surface area contributed by atoms with Gasteiger partial charge in [-0.1, -0.05) is 12.1 Å². The molecule has 0 radical (unpaired) electrons. The first-order valence-electron chi connectivity index (χ1n) is 4.37. The van der Waals surface area contributed by atoms with Crippen LogP contribution in [0.15, 0.2) is 29.2 Å². The van der Waals surface area contributed by atoms with Crippen molar-refractivity contribution in [2.24, 2.45) is 5.73 Å². The summed E-state index contributed by atoms with van der Waals surface area (Å²) in [5, 5.41) is 18.5. The summed E-state index contributed by atoms with van der Waals surface area (Å²) in [5.41, 5.74) is 4.83. The van der Waals surface area contributed by atoms with Crippen LogP contribution in [0.25, 0.3) is 0 Å². The molecule has 0 aliphatic rings. The average molecular weight is 213 g/mol. The quantitative estimate of drug-likeness (QED) is 0.513. The number of hydrogen-bond acceptors (Lipinski definition) is 4. The van der Waals surface area contributed by atoms with Gasteiger partial charge in [-0.3, -0.25) is 5.73 Å². The van der Waals surface area contributed by atoms with Crippen LogP contribution in [0.4, 0.5) is 0 Å². The van der Waals surface area contributed by atoms with Crippen LogP contribution in [-0.2, 0) is 5.72 Å². The third-order valence-electron chi connectivity index (χ3n) is 2.08. The van der Waals surface area contributed by atoms with E-state index in [1.165, 1.54) is 0 Å². The zero-order valence-corrected chi connectivity index (χ0v) is 8.92. The molecular weight excluding hydrogens is 198 g/mol. The average Bonchev–Trinajstić information content (AvgIpc) is 2.18. The van der Waals surface area contributed by atoms with Gasteiger partial charge in [-0.25, -0.2) is 0 Å². The predicted octanol–water partition coefficient (Wildman–Crippen LogP) is 0.895. The van der Waals surface area contributed by atoms with Crippen molar-refractivity contribution >= 4 is 11.8 Å². The van der Waals surface area contributed by atoms with Gasteiger partial charge in [0, 0.05) is 17.9 Å². The first-order chi connectivity index (χ1) is 6.60. The van der Waals surface area contributed by atoms with Crippen LogP contribution in [0.1, 0.15) is 12.0 Å². The van der Waals surface area contributed by atoms with Gasteiger partial charge in [0.1, 0.15) is 5.72 Å². The highest BCUT2D eigenvalue weighted by Gasteiger charge is 2.22. The van der Waals surface area contributed by atoms with E-state index in [1.54, 1.807) is 23.9 Å². The lowest BCUT2D eigenvalue weighted by molar-refractivity contribution is 0.0176. The van der Waals surface area contributed by atoms with E-state index in [0.29, 0.717) is 5.56 Å². The Morgan fingerprint density at radius 1 is 1.36 bits per heavy atom. The van der Waals surface area contributed by atoms with E-state index in [4.69, 9.17) is 10.8 Å². The minimum absolute atomic E-state index is 0.128. The normalized spacial score (nSPS) is 15.1. The molecule has 1 aromatic rings. The molecule has 1 rings (SSSR count). The Morgan fingerprint density at radius 2 is 1.93 bits per heavy atom. The topological polar surface area (TPSA) is 66.5 Å². The molecule has 0 amide bonds. The van der Waals surface area contributed by atoms with Crippen molar-refractivity contribution < 1.29 is 10.2 Å². The summed E-state index contributed by atoms with van der Waals surface area (Å²) >= 11 is 1.63. The predicted molar refractivity (Wildman–Crippen MR) is 58.0 cm³/mol. The minimum Gasteiger partial charge on any atom is -0.396 e. The third-order valence-corrected chi connectivity index (χ3v) is 2.83. The van der Waals surface area contributed by atoms with Crippen molar-refractivity contribution in [3.8, 4) is 0 Å². The van der Waals surface area contributed by atoms with Gasteiger partial charge in [0.2, 0.25) is 0 Å². The Labute approximate surface area is 87.9 Å². The number of benzene rings is 1. The molecule has 1 atom stereocenters. The molecule has 1 unspecified atom stereocenters. The highest BCUT2D eigenvalue weighted by molar-refractivity contribution is 7.98. The molecule has 78 valence electrons. The van der Waals surface area contributed by atoms with Crippen LogP contribution in [-0.4, -0.2) is 23.1 Å². The standard InChI is InChI=1S/C10H15NO2S/c1-14-9-4-2-8(3-5-9)10(11,13)6-7-12/h2-5,12-13H,6-7,11H2,1H3.